The molecular formula is C17H14FeO2. The van der Waals surface area contributed by atoms with Crippen LogP contribution in [0, 0.1) is 63.7 Å². The van der Waals surface area contributed by atoms with Crippen molar-refractivity contribution in [3.63, 3.8) is 0 Å². The number of carbonyl (C=O) groups is 1. The van der Waals surface area contributed by atoms with Crippen LogP contribution in [0.1, 0.15) is 16.3 Å². The van der Waals surface area contributed by atoms with E-state index < -0.39 is 0 Å². The Hall–Kier alpha value is -0.791. The molecule has 2 fully saturated rings. The average Bonchev–Trinajstić information content (AvgIpc) is 3.18. The fourth-order valence-corrected chi connectivity index (χ4v) is 1.52. The number of allylic oxidation sites excluding steroid dienone is 1. The van der Waals surface area contributed by atoms with E-state index in [9.17, 15) is 4.79 Å². The van der Waals surface area contributed by atoms with Crippen molar-refractivity contribution in [1.29, 1.82) is 0 Å². The quantitative estimate of drug-likeness (QED) is 0.632. The van der Waals surface area contributed by atoms with Gasteiger partial charge in [0.1, 0.15) is 5.76 Å². The van der Waals surface area contributed by atoms with Crippen molar-refractivity contribution in [2.45, 2.75) is 0 Å². The third-order valence-corrected chi connectivity index (χ3v) is 2.45. The van der Waals surface area contributed by atoms with Crippen molar-refractivity contribution in [2.75, 3.05) is 0 Å². The predicted molar refractivity (Wildman–Crippen MR) is 75.1 cm³/mol. The first-order valence-electron chi connectivity index (χ1n) is 6.00. The molecule has 0 bridgehead atoms. The van der Waals surface area contributed by atoms with Crippen LogP contribution in [-0.4, -0.2) is 6.29 Å². The zero-order valence-electron chi connectivity index (χ0n) is 10.8. The van der Waals surface area contributed by atoms with Gasteiger partial charge in [0.15, 0.2) is 12.0 Å². The predicted octanol–water partition coefficient (Wildman–Crippen LogP) is 3.53. The van der Waals surface area contributed by atoms with Crippen LogP contribution < -0.4 is 0 Å². The molecule has 0 aromatic carbocycles. The number of carbonyl (C=O) groups excluding carboxylic acids is 1. The zero-order chi connectivity index (χ0) is 13.3. The minimum absolute atomic E-state index is 0. The first-order chi connectivity index (χ1) is 9.38. The molecule has 0 N–H and O–H groups in total. The molecule has 0 saturated heterocycles. The number of hydrogen-bond acceptors (Lipinski definition) is 2. The van der Waals surface area contributed by atoms with Gasteiger partial charge in [-0.05, 0) is 76.0 Å². The molecule has 0 atom stereocenters. The Kier molecular flexibility index (Phi) is 8.64. The van der Waals surface area contributed by atoms with Gasteiger partial charge in [-0.25, -0.2) is 0 Å². The average molecular weight is 306 g/mol. The van der Waals surface area contributed by atoms with E-state index in [1.54, 1.807) is 12.1 Å². The summed E-state index contributed by atoms with van der Waals surface area (Å²) in [6.07, 6.45) is 22.4. The second kappa shape index (κ2) is 10.0. The Labute approximate surface area is 132 Å². The maximum Gasteiger partial charge on any atom is 0.185 e. The van der Waals surface area contributed by atoms with Crippen molar-refractivity contribution < 1.29 is 26.3 Å². The standard InChI is InChI=1S/C12H9O2.C5H5.Fe/c13-9-12-8-7-11(14-12)6-5-10-3-1-2-4-10;1-2-4-5-3-1;/h1-9H;1-5H;/b6-5+;;. The van der Waals surface area contributed by atoms with E-state index >= 15 is 0 Å². The normalized spacial score (nSPS) is 18.6. The van der Waals surface area contributed by atoms with Gasteiger partial charge in [0, 0.05) is 23.0 Å². The summed E-state index contributed by atoms with van der Waals surface area (Å²) in [6.45, 7) is 0. The van der Waals surface area contributed by atoms with Crippen LogP contribution in [-0.2, 0) is 17.1 Å². The Balaban J connectivity index is 0.000000283. The molecule has 0 aliphatic heterocycles. The second-order valence-corrected chi connectivity index (χ2v) is 3.87. The van der Waals surface area contributed by atoms with Crippen LogP contribution in [0.5, 0.6) is 0 Å². The van der Waals surface area contributed by atoms with Gasteiger partial charge in [-0.1, -0.05) is 6.08 Å². The topological polar surface area (TPSA) is 30.2 Å². The van der Waals surface area contributed by atoms with Crippen molar-refractivity contribution in [2.24, 2.45) is 0 Å². The maximum absolute atomic E-state index is 10.3. The van der Waals surface area contributed by atoms with Gasteiger partial charge in [0.05, 0.1) is 0 Å². The summed E-state index contributed by atoms with van der Waals surface area (Å²) in [7, 11) is 0. The summed E-state index contributed by atoms with van der Waals surface area (Å²) in [5, 5.41) is 0. The summed E-state index contributed by atoms with van der Waals surface area (Å²) in [5.41, 5.74) is 0. The second-order valence-electron chi connectivity index (χ2n) is 3.87. The SMILES string of the molecule is O=Cc1ccc(/C=C/[C]2[CH][CH][CH][CH]2)o1.[CH]1[CH][CH][CH][CH]1.[Fe]. The molecule has 20 heavy (non-hydrogen) atoms. The Morgan fingerprint density at radius 1 is 0.750 bits per heavy atom. The van der Waals surface area contributed by atoms with Gasteiger partial charge >= 0.3 is 0 Å². The van der Waals surface area contributed by atoms with E-state index in [1.165, 1.54) is 0 Å². The minimum atomic E-state index is 0. The number of rotatable bonds is 3. The first-order valence-corrected chi connectivity index (χ1v) is 6.00. The van der Waals surface area contributed by atoms with Gasteiger partial charge in [-0.3, -0.25) is 4.79 Å². The van der Waals surface area contributed by atoms with E-state index in [-0.39, 0.29) is 17.1 Å². The smallest absolute Gasteiger partial charge is 0.185 e. The molecule has 102 valence electrons. The summed E-state index contributed by atoms with van der Waals surface area (Å²) < 4.78 is 5.18. The molecule has 1 heterocycles. The van der Waals surface area contributed by atoms with Crippen molar-refractivity contribution in [1.82, 2.24) is 0 Å². The fourth-order valence-electron chi connectivity index (χ4n) is 1.52. The Morgan fingerprint density at radius 3 is 1.80 bits per heavy atom. The number of hydrogen-bond donors (Lipinski definition) is 0. The van der Waals surface area contributed by atoms with Crippen molar-refractivity contribution in [3.05, 3.63) is 93.4 Å². The summed E-state index contributed by atoms with van der Waals surface area (Å²) in [4.78, 5) is 10.3. The molecule has 3 rings (SSSR count). The van der Waals surface area contributed by atoms with Crippen molar-refractivity contribution in [3.8, 4) is 0 Å². The molecule has 0 spiro atoms. The largest absolute Gasteiger partial charge is 0.454 e. The van der Waals surface area contributed by atoms with Crippen LogP contribution >= 0.6 is 0 Å². The van der Waals surface area contributed by atoms with E-state index in [2.05, 4.69) is 0 Å². The van der Waals surface area contributed by atoms with Crippen LogP contribution in [0.2, 0.25) is 0 Å². The van der Waals surface area contributed by atoms with E-state index in [1.807, 2.05) is 69.9 Å². The summed E-state index contributed by atoms with van der Waals surface area (Å²) in [5.74, 6) is 2.16. The molecule has 10 radical (unpaired) electrons. The monoisotopic (exact) mass is 306 g/mol. The van der Waals surface area contributed by atoms with Gasteiger partial charge in [-0.15, -0.1) is 0 Å². The Bertz CT molecular complexity index is 391. The maximum atomic E-state index is 10.3. The van der Waals surface area contributed by atoms with Gasteiger partial charge in [-0.2, -0.15) is 0 Å². The molecule has 2 nitrogen and oxygen atoms in total. The van der Waals surface area contributed by atoms with E-state index in [4.69, 9.17) is 4.42 Å². The molecule has 0 amide bonds. The summed E-state index contributed by atoms with van der Waals surface area (Å²) in [6, 6.07) is 3.42. The molecule has 2 saturated carbocycles. The van der Waals surface area contributed by atoms with Crippen LogP contribution in [0.4, 0.5) is 0 Å². The van der Waals surface area contributed by atoms with Crippen molar-refractivity contribution >= 4 is 12.4 Å². The zero-order valence-corrected chi connectivity index (χ0v) is 11.9. The molecule has 1 aromatic rings. The fraction of sp³-hybridized carbons (Fsp3) is 0. The molecule has 0 unspecified atom stereocenters. The summed E-state index contributed by atoms with van der Waals surface area (Å²) >= 11 is 0. The van der Waals surface area contributed by atoms with E-state index in [0.717, 1.165) is 5.92 Å². The van der Waals surface area contributed by atoms with Gasteiger partial charge in [0.2, 0.25) is 0 Å². The van der Waals surface area contributed by atoms with Crippen LogP contribution in [0.3, 0.4) is 0 Å². The van der Waals surface area contributed by atoms with Gasteiger partial charge < -0.3 is 4.42 Å². The first kappa shape index (κ1) is 17.3. The van der Waals surface area contributed by atoms with Crippen LogP contribution in [0.15, 0.2) is 22.6 Å². The number of aldehydes is 1. The minimum Gasteiger partial charge on any atom is -0.454 e. The molecule has 1 aromatic heterocycles. The molecule has 2 aliphatic rings. The third-order valence-electron chi connectivity index (χ3n) is 2.45. The van der Waals surface area contributed by atoms with E-state index in [0.29, 0.717) is 17.8 Å². The molecule has 3 heteroatoms. The number of furan rings is 1. The van der Waals surface area contributed by atoms with Crippen LogP contribution in [0.25, 0.3) is 6.08 Å². The van der Waals surface area contributed by atoms with Gasteiger partial charge in [0.25, 0.3) is 0 Å². The third kappa shape index (κ3) is 6.11. The molecular weight excluding hydrogens is 292 g/mol. The molecule has 2 aliphatic carbocycles. The Morgan fingerprint density at radius 2 is 1.30 bits per heavy atom.